The Bertz CT molecular complexity index is 447. The lowest BCUT2D eigenvalue weighted by atomic mass is 10.1. The van der Waals surface area contributed by atoms with Crippen LogP contribution in [0.15, 0.2) is 24.3 Å². The number of esters is 1. The maximum absolute atomic E-state index is 13.2. The van der Waals surface area contributed by atoms with Gasteiger partial charge in [-0.15, -0.1) is 0 Å². The fraction of sp³-hybridized carbons (Fsp3) is 0.333. The molecule has 1 heterocycles. The molecule has 0 saturated carbocycles. The quantitative estimate of drug-likeness (QED) is 0.801. The van der Waals surface area contributed by atoms with Crippen LogP contribution >= 0.6 is 0 Å². The highest BCUT2D eigenvalue weighted by molar-refractivity contribution is 5.89. The van der Waals surface area contributed by atoms with Gasteiger partial charge in [-0.1, -0.05) is 12.1 Å². The van der Waals surface area contributed by atoms with E-state index in [4.69, 9.17) is 4.74 Å². The number of carbonyl (C=O) groups excluding carboxylic acids is 2. The van der Waals surface area contributed by atoms with Crippen molar-refractivity contribution in [3.8, 4) is 0 Å². The van der Waals surface area contributed by atoms with Crippen LogP contribution in [-0.4, -0.2) is 25.0 Å². The first-order chi connectivity index (χ1) is 8.16. The van der Waals surface area contributed by atoms with E-state index in [-0.39, 0.29) is 24.0 Å². The molecule has 4 nitrogen and oxygen atoms in total. The Morgan fingerprint density at radius 3 is 2.88 bits per heavy atom. The predicted molar refractivity (Wildman–Crippen MR) is 57.8 cm³/mol. The molecule has 0 bridgehead atoms. The van der Waals surface area contributed by atoms with E-state index in [0.717, 1.165) is 0 Å². The third-order valence-electron chi connectivity index (χ3n) is 2.61. The Morgan fingerprint density at radius 1 is 1.47 bits per heavy atom. The van der Waals surface area contributed by atoms with E-state index in [2.05, 4.69) is 5.32 Å². The number of amides is 1. The van der Waals surface area contributed by atoms with E-state index < -0.39 is 11.8 Å². The molecule has 1 amide bonds. The summed E-state index contributed by atoms with van der Waals surface area (Å²) in [5.74, 6) is -1.35. The van der Waals surface area contributed by atoms with E-state index in [9.17, 15) is 14.0 Å². The smallest absolute Gasteiger partial charge is 0.341 e. The van der Waals surface area contributed by atoms with E-state index in [1.807, 2.05) is 0 Å². The first kappa shape index (κ1) is 11.6. The number of benzene rings is 1. The second-order valence-corrected chi connectivity index (χ2v) is 3.95. The Hall–Kier alpha value is -1.91. The molecule has 1 fully saturated rings. The zero-order chi connectivity index (χ0) is 12.3. The summed E-state index contributed by atoms with van der Waals surface area (Å²) >= 11 is 0. The highest BCUT2D eigenvalue weighted by Crippen LogP contribution is 2.12. The lowest BCUT2D eigenvalue weighted by Gasteiger charge is -2.08. The van der Waals surface area contributed by atoms with Gasteiger partial charge in [0.15, 0.2) is 0 Å². The van der Waals surface area contributed by atoms with Gasteiger partial charge >= 0.3 is 5.97 Å². The van der Waals surface area contributed by atoms with Crippen molar-refractivity contribution in [1.29, 1.82) is 0 Å². The van der Waals surface area contributed by atoms with E-state index in [1.165, 1.54) is 18.2 Å². The van der Waals surface area contributed by atoms with Gasteiger partial charge in [0.25, 0.3) is 0 Å². The number of ether oxygens (including phenoxy) is 1. The van der Waals surface area contributed by atoms with Gasteiger partial charge in [0.1, 0.15) is 5.82 Å². The Morgan fingerprint density at radius 2 is 2.24 bits per heavy atom. The molecule has 1 aromatic rings. The molecule has 1 aliphatic heterocycles. The number of carbonyl (C=O) groups is 2. The van der Waals surface area contributed by atoms with Crippen molar-refractivity contribution in [2.24, 2.45) is 5.92 Å². The van der Waals surface area contributed by atoms with Gasteiger partial charge in [-0.25, -0.2) is 9.18 Å². The largest absolute Gasteiger partial charge is 0.462 e. The molecule has 90 valence electrons. The summed E-state index contributed by atoms with van der Waals surface area (Å²) in [6.45, 7) is 0.634. The lowest BCUT2D eigenvalue weighted by Crippen LogP contribution is -2.18. The standard InChI is InChI=1S/C12H12FNO3/c13-10-4-2-1-3-9(10)12(16)17-7-8-5-11(15)14-6-8/h1-4,8H,5-7H2,(H,14,15)/t8-/m0/s1. The minimum absolute atomic E-state index is 0.0155. The van der Waals surface area contributed by atoms with Gasteiger partial charge in [0.2, 0.25) is 5.91 Å². The zero-order valence-electron chi connectivity index (χ0n) is 9.11. The molecular weight excluding hydrogens is 225 g/mol. The van der Waals surface area contributed by atoms with Crippen molar-refractivity contribution in [3.05, 3.63) is 35.6 Å². The number of hydrogen-bond acceptors (Lipinski definition) is 3. The molecule has 0 aliphatic carbocycles. The van der Waals surface area contributed by atoms with E-state index in [0.29, 0.717) is 13.0 Å². The third kappa shape index (κ3) is 2.81. The fourth-order valence-corrected chi connectivity index (χ4v) is 1.68. The highest BCUT2D eigenvalue weighted by atomic mass is 19.1. The molecule has 1 aromatic carbocycles. The van der Waals surface area contributed by atoms with Crippen molar-refractivity contribution in [1.82, 2.24) is 5.32 Å². The second kappa shape index (κ2) is 4.95. The molecule has 1 N–H and O–H groups in total. The Kier molecular flexibility index (Phi) is 3.37. The average molecular weight is 237 g/mol. The van der Waals surface area contributed by atoms with Crippen molar-refractivity contribution in [2.45, 2.75) is 6.42 Å². The van der Waals surface area contributed by atoms with Gasteiger partial charge in [0, 0.05) is 18.9 Å². The molecule has 1 aliphatic rings. The minimum Gasteiger partial charge on any atom is -0.462 e. The maximum atomic E-state index is 13.2. The molecule has 2 rings (SSSR count). The highest BCUT2D eigenvalue weighted by Gasteiger charge is 2.23. The summed E-state index contributed by atoms with van der Waals surface area (Å²) in [5.41, 5.74) is -0.0789. The SMILES string of the molecule is O=C1C[C@H](COC(=O)c2ccccc2F)CN1. The van der Waals surface area contributed by atoms with Crippen LogP contribution < -0.4 is 5.32 Å². The average Bonchev–Trinajstić information content (AvgIpc) is 2.73. The molecule has 0 radical (unpaired) electrons. The van der Waals surface area contributed by atoms with Gasteiger partial charge in [-0.2, -0.15) is 0 Å². The molecule has 5 heteroatoms. The molecule has 17 heavy (non-hydrogen) atoms. The second-order valence-electron chi connectivity index (χ2n) is 3.95. The van der Waals surface area contributed by atoms with Gasteiger partial charge in [0.05, 0.1) is 12.2 Å². The molecule has 0 unspecified atom stereocenters. The van der Waals surface area contributed by atoms with Crippen molar-refractivity contribution < 1.29 is 18.7 Å². The number of halogens is 1. The Labute approximate surface area is 97.8 Å². The predicted octanol–water partition coefficient (Wildman–Crippen LogP) is 1.12. The van der Waals surface area contributed by atoms with E-state index in [1.54, 1.807) is 6.07 Å². The van der Waals surface area contributed by atoms with Gasteiger partial charge < -0.3 is 10.1 Å². The first-order valence-corrected chi connectivity index (χ1v) is 5.35. The third-order valence-corrected chi connectivity index (χ3v) is 2.61. The van der Waals surface area contributed by atoms with Crippen molar-refractivity contribution >= 4 is 11.9 Å². The summed E-state index contributed by atoms with van der Waals surface area (Å²) in [6, 6.07) is 5.65. The number of hydrogen-bond donors (Lipinski definition) is 1. The van der Waals surface area contributed by atoms with Crippen LogP contribution in [0.2, 0.25) is 0 Å². The van der Waals surface area contributed by atoms with Crippen LogP contribution in [0.25, 0.3) is 0 Å². The monoisotopic (exact) mass is 237 g/mol. The van der Waals surface area contributed by atoms with Crippen LogP contribution in [0.4, 0.5) is 4.39 Å². The van der Waals surface area contributed by atoms with Crippen LogP contribution in [0.1, 0.15) is 16.8 Å². The van der Waals surface area contributed by atoms with Crippen LogP contribution in [0.3, 0.4) is 0 Å². The van der Waals surface area contributed by atoms with Crippen LogP contribution in [0, 0.1) is 11.7 Å². The zero-order valence-corrected chi connectivity index (χ0v) is 9.11. The van der Waals surface area contributed by atoms with Gasteiger partial charge in [-0.05, 0) is 12.1 Å². The summed E-state index contributed by atoms with van der Waals surface area (Å²) < 4.78 is 18.2. The van der Waals surface area contributed by atoms with Crippen LogP contribution in [0.5, 0.6) is 0 Å². The van der Waals surface area contributed by atoms with Crippen molar-refractivity contribution in [3.63, 3.8) is 0 Å². The lowest BCUT2D eigenvalue weighted by molar-refractivity contribution is -0.119. The molecular formula is C12H12FNO3. The number of nitrogens with one attached hydrogen (secondary N) is 1. The van der Waals surface area contributed by atoms with E-state index >= 15 is 0 Å². The summed E-state index contributed by atoms with van der Waals surface area (Å²) in [7, 11) is 0. The molecule has 1 atom stereocenters. The van der Waals surface area contributed by atoms with Crippen molar-refractivity contribution in [2.75, 3.05) is 13.2 Å². The maximum Gasteiger partial charge on any atom is 0.341 e. The summed E-state index contributed by atoms with van der Waals surface area (Å²) in [6.07, 6.45) is 0.352. The minimum atomic E-state index is -0.692. The van der Waals surface area contributed by atoms with Crippen LogP contribution in [-0.2, 0) is 9.53 Å². The summed E-state index contributed by atoms with van der Waals surface area (Å²) in [4.78, 5) is 22.4. The summed E-state index contributed by atoms with van der Waals surface area (Å²) in [5, 5.41) is 2.64. The fourth-order valence-electron chi connectivity index (χ4n) is 1.68. The molecule has 0 spiro atoms. The Balaban J connectivity index is 1.90. The molecule has 1 saturated heterocycles. The number of rotatable bonds is 3. The molecule has 0 aromatic heterocycles. The van der Waals surface area contributed by atoms with Gasteiger partial charge in [-0.3, -0.25) is 4.79 Å². The topological polar surface area (TPSA) is 55.4 Å². The normalized spacial score (nSPS) is 18.9. The first-order valence-electron chi connectivity index (χ1n) is 5.35.